The summed E-state index contributed by atoms with van der Waals surface area (Å²) in [4.78, 5) is 22.8. The van der Waals surface area contributed by atoms with E-state index in [0.29, 0.717) is 11.4 Å². The largest absolute Gasteiger partial charge is 0.497 e. The van der Waals surface area contributed by atoms with Crippen LogP contribution in [0.2, 0.25) is 0 Å². The normalized spacial score (nSPS) is 13.9. The summed E-state index contributed by atoms with van der Waals surface area (Å²) in [5.41, 5.74) is -2.00. The summed E-state index contributed by atoms with van der Waals surface area (Å²) in [5.74, 6) is -0.194. The Kier molecular flexibility index (Phi) is 5.35. The Morgan fingerprint density at radius 3 is 2.18 bits per heavy atom. The lowest BCUT2D eigenvalue weighted by Crippen LogP contribution is -2.52. The Hall–Kier alpha value is -2.31. The molecular weight excluding hydrogens is 288 g/mol. The van der Waals surface area contributed by atoms with Crippen molar-refractivity contribution in [3.8, 4) is 5.75 Å². The highest BCUT2D eigenvalue weighted by molar-refractivity contribution is 5.80. The number of anilines is 1. The van der Waals surface area contributed by atoms with Gasteiger partial charge in [0.15, 0.2) is 0 Å². The number of hydrogen-bond donors (Lipinski definition) is 1. The van der Waals surface area contributed by atoms with E-state index in [1.807, 2.05) is 0 Å². The van der Waals surface area contributed by atoms with Gasteiger partial charge in [-0.3, -0.25) is 10.1 Å². The van der Waals surface area contributed by atoms with Crippen molar-refractivity contribution in [2.75, 3.05) is 19.0 Å². The maximum absolute atomic E-state index is 12.1. The van der Waals surface area contributed by atoms with Crippen LogP contribution in [0.1, 0.15) is 27.7 Å². The van der Waals surface area contributed by atoms with Crippen LogP contribution in [0.25, 0.3) is 0 Å². The van der Waals surface area contributed by atoms with Gasteiger partial charge in [0.05, 0.1) is 13.7 Å². The summed E-state index contributed by atoms with van der Waals surface area (Å²) in [5, 5.41) is 14.2. The molecule has 0 fully saturated rings. The van der Waals surface area contributed by atoms with E-state index in [0.717, 1.165) is 0 Å². The zero-order valence-corrected chi connectivity index (χ0v) is 13.5. The van der Waals surface area contributed by atoms with Crippen molar-refractivity contribution >= 4 is 11.7 Å². The minimum absolute atomic E-state index is 0.179. The first kappa shape index (κ1) is 17.7. The number of hydrogen-bond acceptors (Lipinski definition) is 6. The van der Waals surface area contributed by atoms with Gasteiger partial charge in [-0.15, -0.1) is 0 Å². The highest BCUT2D eigenvalue weighted by atomic mass is 16.6. The predicted octanol–water partition coefficient (Wildman–Crippen LogP) is 2.48. The van der Waals surface area contributed by atoms with Crippen molar-refractivity contribution in [3.63, 3.8) is 0 Å². The third-order valence-electron chi connectivity index (χ3n) is 2.97. The van der Waals surface area contributed by atoms with Crippen molar-refractivity contribution in [2.24, 2.45) is 0 Å². The van der Waals surface area contributed by atoms with Gasteiger partial charge in [0.1, 0.15) is 11.4 Å². The lowest BCUT2D eigenvalue weighted by atomic mass is 10.0. The molecule has 1 N–H and O–H groups in total. The third kappa shape index (κ3) is 4.61. The molecule has 0 aliphatic rings. The summed E-state index contributed by atoms with van der Waals surface area (Å²) >= 11 is 0. The molecule has 1 unspecified atom stereocenters. The van der Waals surface area contributed by atoms with E-state index in [4.69, 9.17) is 9.47 Å². The molecule has 1 aromatic rings. The number of nitrogens with one attached hydrogen (secondary N) is 1. The molecule has 0 saturated heterocycles. The fraction of sp³-hybridized carbons (Fsp3) is 0.533. The van der Waals surface area contributed by atoms with Gasteiger partial charge < -0.3 is 14.8 Å². The zero-order valence-electron chi connectivity index (χ0n) is 13.5. The smallest absolute Gasteiger partial charge is 0.386 e. The Morgan fingerprint density at radius 1 is 1.23 bits per heavy atom. The van der Waals surface area contributed by atoms with Crippen LogP contribution in [0.5, 0.6) is 5.75 Å². The fourth-order valence-electron chi connectivity index (χ4n) is 1.58. The maximum atomic E-state index is 12.1. The van der Waals surface area contributed by atoms with Gasteiger partial charge in [-0.2, -0.15) is 0 Å². The number of carbonyl (C=O) groups is 1. The molecule has 0 bridgehead atoms. The number of benzene rings is 1. The monoisotopic (exact) mass is 310 g/mol. The van der Waals surface area contributed by atoms with Crippen molar-refractivity contribution in [1.29, 1.82) is 0 Å². The first-order valence-electron chi connectivity index (χ1n) is 6.84. The lowest BCUT2D eigenvalue weighted by Gasteiger charge is -2.26. The van der Waals surface area contributed by atoms with Crippen LogP contribution < -0.4 is 10.1 Å². The molecule has 122 valence electrons. The third-order valence-corrected chi connectivity index (χ3v) is 2.97. The SMILES string of the molecule is COc1ccc(NCC(C)(C(=O)OC(C)(C)C)[N+](=O)[O-])cc1. The summed E-state index contributed by atoms with van der Waals surface area (Å²) < 4.78 is 10.2. The van der Waals surface area contributed by atoms with Gasteiger partial charge >= 0.3 is 11.5 Å². The van der Waals surface area contributed by atoms with E-state index in [9.17, 15) is 14.9 Å². The van der Waals surface area contributed by atoms with Gasteiger partial charge in [-0.05, 0) is 45.0 Å². The number of carbonyl (C=O) groups excluding carboxylic acids is 1. The van der Waals surface area contributed by atoms with Crippen LogP contribution in [0.3, 0.4) is 0 Å². The van der Waals surface area contributed by atoms with Gasteiger partial charge in [0.2, 0.25) is 0 Å². The van der Waals surface area contributed by atoms with E-state index in [-0.39, 0.29) is 6.54 Å². The minimum Gasteiger partial charge on any atom is -0.497 e. The lowest BCUT2D eigenvalue weighted by molar-refractivity contribution is -0.547. The first-order valence-corrected chi connectivity index (χ1v) is 6.84. The van der Waals surface area contributed by atoms with E-state index >= 15 is 0 Å². The maximum Gasteiger partial charge on any atom is 0.386 e. The summed E-state index contributed by atoms with van der Waals surface area (Å²) in [6, 6.07) is 6.88. The average Bonchev–Trinajstić information content (AvgIpc) is 2.43. The number of nitrogens with zero attached hydrogens (tertiary/aromatic N) is 1. The molecule has 22 heavy (non-hydrogen) atoms. The summed E-state index contributed by atoms with van der Waals surface area (Å²) in [6.07, 6.45) is 0. The highest BCUT2D eigenvalue weighted by Crippen LogP contribution is 2.20. The predicted molar refractivity (Wildman–Crippen MR) is 82.7 cm³/mol. The molecule has 0 saturated carbocycles. The number of rotatable bonds is 6. The molecule has 0 spiro atoms. The standard InChI is InChI=1S/C15H22N2O5/c1-14(2,3)22-13(18)15(4,17(19)20)10-16-11-6-8-12(21-5)9-7-11/h6-9,16H,10H2,1-5H3. The fourth-order valence-corrected chi connectivity index (χ4v) is 1.58. The Bertz CT molecular complexity index is 536. The highest BCUT2D eigenvalue weighted by Gasteiger charge is 2.49. The van der Waals surface area contributed by atoms with Crippen molar-refractivity contribution in [2.45, 2.75) is 38.8 Å². The number of ether oxygens (including phenoxy) is 2. The number of methoxy groups -OCH3 is 1. The van der Waals surface area contributed by atoms with Gasteiger partial charge in [0.25, 0.3) is 0 Å². The van der Waals surface area contributed by atoms with Crippen LogP contribution in [-0.4, -0.2) is 35.7 Å². The molecule has 0 heterocycles. The average molecular weight is 310 g/mol. The van der Waals surface area contributed by atoms with Crippen LogP contribution in [0.15, 0.2) is 24.3 Å². The van der Waals surface area contributed by atoms with Gasteiger partial charge in [-0.1, -0.05) is 0 Å². The second-order valence-corrected chi connectivity index (χ2v) is 6.11. The second-order valence-electron chi connectivity index (χ2n) is 6.11. The van der Waals surface area contributed by atoms with E-state index in [1.165, 1.54) is 6.92 Å². The van der Waals surface area contributed by atoms with Crippen LogP contribution in [0, 0.1) is 10.1 Å². The Morgan fingerprint density at radius 2 is 1.77 bits per heavy atom. The molecule has 7 nitrogen and oxygen atoms in total. The van der Waals surface area contributed by atoms with Gasteiger partial charge in [0, 0.05) is 17.5 Å². The van der Waals surface area contributed by atoms with E-state index < -0.39 is 22.0 Å². The van der Waals surface area contributed by atoms with E-state index in [2.05, 4.69) is 5.32 Å². The van der Waals surface area contributed by atoms with Crippen LogP contribution in [0.4, 0.5) is 5.69 Å². The molecule has 0 aliphatic carbocycles. The summed E-state index contributed by atoms with van der Waals surface area (Å²) in [6.45, 7) is 6.07. The van der Waals surface area contributed by atoms with Crippen molar-refractivity contribution in [3.05, 3.63) is 34.4 Å². The van der Waals surface area contributed by atoms with Crippen molar-refractivity contribution < 1.29 is 19.2 Å². The van der Waals surface area contributed by atoms with Gasteiger partial charge in [-0.25, -0.2) is 4.79 Å². The number of esters is 1. The number of nitro groups is 1. The first-order chi connectivity index (χ1) is 10.1. The van der Waals surface area contributed by atoms with Crippen LogP contribution in [-0.2, 0) is 9.53 Å². The van der Waals surface area contributed by atoms with Crippen LogP contribution >= 0.6 is 0 Å². The quantitative estimate of drug-likeness (QED) is 0.493. The Labute approximate surface area is 129 Å². The molecule has 1 atom stereocenters. The van der Waals surface area contributed by atoms with Crippen molar-refractivity contribution in [1.82, 2.24) is 0 Å². The topological polar surface area (TPSA) is 90.7 Å². The molecule has 0 radical (unpaired) electrons. The summed E-state index contributed by atoms with van der Waals surface area (Å²) in [7, 11) is 1.55. The molecule has 1 aromatic carbocycles. The molecule has 1 rings (SSSR count). The molecule has 0 aromatic heterocycles. The molecule has 0 amide bonds. The second kappa shape index (κ2) is 6.64. The Balaban J connectivity index is 2.82. The molecule has 7 heteroatoms. The minimum atomic E-state index is -1.87. The van der Waals surface area contributed by atoms with E-state index in [1.54, 1.807) is 52.1 Å². The molecular formula is C15H22N2O5. The molecule has 0 aliphatic heterocycles. The zero-order chi connectivity index (χ0) is 17.0.